The second-order valence-corrected chi connectivity index (χ2v) is 8.91. The molecule has 0 saturated carbocycles. The zero-order chi connectivity index (χ0) is 25.2. The fourth-order valence-corrected chi connectivity index (χ4v) is 4.43. The molecule has 0 bridgehead atoms. The summed E-state index contributed by atoms with van der Waals surface area (Å²) in [6, 6.07) is 23.6. The minimum absolute atomic E-state index is 0.0773. The van der Waals surface area contributed by atoms with E-state index in [9.17, 15) is 13.2 Å². The van der Waals surface area contributed by atoms with Crippen LogP contribution in [0.4, 0.5) is 13.2 Å². The van der Waals surface area contributed by atoms with Crippen LogP contribution >= 0.6 is 0 Å². The molecule has 2 unspecified atom stereocenters. The topological polar surface area (TPSA) is 39.7 Å². The average Bonchev–Trinajstić information content (AvgIpc) is 2.90. The van der Waals surface area contributed by atoms with E-state index in [0.29, 0.717) is 26.4 Å². The van der Waals surface area contributed by atoms with Gasteiger partial charge in [-0.2, -0.15) is 13.2 Å². The quantitative estimate of drug-likeness (QED) is 0.312. The maximum absolute atomic E-state index is 13.3. The summed E-state index contributed by atoms with van der Waals surface area (Å²) in [4.78, 5) is 0. The Hall–Kier alpha value is -2.87. The molecule has 0 spiro atoms. The van der Waals surface area contributed by atoms with Crippen LogP contribution in [0.2, 0.25) is 0 Å². The van der Waals surface area contributed by atoms with Crippen molar-refractivity contribution in [3.8, 4) is 5.75 Å². The van der Waals surface area contributed by atoms with Gasteiger partial charge < -0.3 is 19.5 Å². The van der Waals surface area contributed by atoms with Crippen molar-refractivity contribution in [1.29, 1.82) is 0 Å². The minimum Gasteiger partial charge on any atom is -0.494 e. The van der Waals surface area contributed by atoms with Crippen LogP contribution in [0.1, 0.15) is 41.0 Å². The number of ether oxygens (including phenoxy) is 3. The Morgan fingerprint density at radius 2 is 1.58 bits per heavy atom. The van der Waals surface area contributed by atoms with Crippen molar-refractivity contribution in [3.05, 3.63) is 101 Å². The standard InChI is InChI=1S/C29H32F3NO3/c30-29(31,32)27-10-5-4-9-24(27)21-36-28-19-33-16-15-26(28)23-11-13-25(14-12-23)35-18-6-17-34-20-22-7-2-1-3-8-22/h1-5,7-14,26,28,33H,6,15-21H2. The number of alkyl halides is 3. The molecule has 4 nitrogen and oxygen atoms in total. The van der Waals surface area contributed by atoms with E-state index in [1.54, 1.807) is 6.07 Å². The lowest BCUT2D eigenvalue weighted by atomic mass is 9.87. The summed E-state index contributed by atoms with van der Waals surface area (Å²) in [7, 11) is 0. The van der Waals surface area contributed by atoms with Gasteiger partial charge in [0.2, 0.25) is 0 Å². The van der Waals surface area contributed by atoms with Gasteiger partial charge in [0.25, 0.3) is 0 Å². The van der Waals surface area contributed by atoms with Gasteiger partial charge in [-0.3, -0.25) is 0 Å². The lowest BCUT2D eigenvalue weighted by molar-refractivity contribution is -0.139. The van der Waals surface area contributed by atoms with Gasteiger partial charge in [0.1, 0.15) is 5.75 Å². The number of piperidine rings is 1. The van der Waals surface area contributed by atoms with Gasteiger partial charge in [-0.1, -0.05) is 60.7 Å². The fourth-order valence-electron chi connectivity index (χ4n) is 4.43. The molecular formula is C29H32F3NO3. The maximum atomic E-state index is 13.3. The number of rotatable bonds is 11. The monoisotopic (exact) mass is 499 g/mol. The van der Waals surface area contributed by atoms with E-state index in [2.05, 4.69) is 5.32 Å². The van der Waals surface area contributed by atoms with Gasteiger partial charge in [0, 0.05) is 18.9 Å². The molecule has 36 heavy (non-hydrogen) atoms. The second kappa shape index (κ2) is 12.9. The molecule has 2 atom stereocenters. The van der Waals surface area contributed by atoms with E-state index in [0.717, 1.165) is 42.3 Å². The van der Waals surface area contributed by atoms with Crippen molar-refractivity contribution in [2.24, 2.45) is 0 Å². The van der Waals surface area contributed by atoms with Crippen LogP contribution in [-0.2, 0) is 28.9 Å². The molecule has 4 rings (SSSR count). The Bertz CT molecular complexity index is 1060. The number of hydrogen-bond acceptors (Lipinski definition) is 4. The smallest absolute Gasteiger partial charge is 0.416 e. The Balaban J connectivity index is 1.25. The lowest BCUT2D eigenvalue weighted by Gasteiger charge is -2.33. The summed E-state index contributed by atoms with van der Waals surface area (Å²) in [6.07, 6.45) is -2.97. The predicted molar refractivity (Wildman–Crippen MR) is 133 cm³/mol. The number of benzene rings is 3. The van der Waals surface area contributed by atoms with E-state index < -0.39 is 11.7 Å². The van der Waals surface area contributed by atoms with Gasteiger partial charge in [-0.25, -0.2) is 0 Å². The molecule has 0 amide bonds. The van der Waals surface area contributed by atoms with Crippen LogP contribution in [0.5, 0.6) is 5.75 Å². The summed E-state index contributed by atoms with van der Waals surface area (Å²) in [5.74, 6) is 0.886. The SMILES string of the molecule is FC(F)(F)c1ccccc1COC1CNCCC1c1ccc(OCCCOCc2ccccc2)cc1. The Morgan fingerprint density at radius 1 is 0.833 bits per heavy atom. The predicted octanol–water partition coefficient (Wildman–Crippen LogP) is 6.35. The molecule has 0 aromatic heterocycles. The van der Waals surface area contributed by atoms with Crippen LogP contribution in [-0.4, -0.2) is 32.4 Å². The largest absolute Gasteiger partial charge is 0.494 e. The molecular weight excluding hydrogens is 467 g/mol. The van der Waals surface area contributed by atoms with Crippen LogP contribution in [0.3, 0.4) is 0 Å². The molecule has 1 N–H and O–H groups in total. The molecule has 1 aliphatic heterocycles. The summed E-state index contributed by atoms with van der Waals surface area (Å²) >= 11 is 0. The van der Waals surface area contributed by atoms with Crippen LogP contribution < -0.4 is 10.1 Å². The minimum atomic E-state index is -4.39. The zero-order valence-corrected chi connectivity index (χ0v) is 20.2. The first-order valence-electron chi connectivity index (χ1n) is 12.3. The molecule has 192 valence electrons. The molecule has 3 aromatic rings. The molecule has 1 saturated heterocycles. The van der Waals surface area contributed by atoms with Gasteiger partial charge in [-0.05, 0) is 47.9 Å². The Morgan fingerprint density at radius 3 is 2.36 bits per heavy atom. The van der Waals surface area contributed by atoms with Crippen molar-refractivity contribution in [3.63, 3.8) is 0 Å². The first-order valence-corrected chi connectivity index (χ1v) is 12.3. The number of hydrogen-bond donors (Lipinski definition) is 1. The Labute approximate surface area is 210 Å². The second-order valence-electron chi connectivity index (χ2n) is 8.91. The van der Waals surface area contributed by atoms with Crippen molar-refractivity contribution in [2.75, 3.05) is 26.3 Å². The van der Waals surface area contributed by atoms with Crippen molar-refractivity contribution in [2.45, 2.75) is 44.3 Å². The molecule has 7 heteroatoms. The van der Waals surface area contributed by atoms with Crippen molar-refractivity contribution < 1.29 is 27.4 Å². The van der Waals surface area contributed by atoms with Crippen LogP contribution in [0.15, 0.2) is 78.9 Å². The third kappa shape index (κ3) is 7.56. The lowest BCUT2D eigenvalue weighted by Crippen LogP contribution is -2.41. The number of halogens is 3. The first kappa shape index (κ1) is 26.2. The molecule has 1 heterocycles. The van der Waals surface area contributed by atoms with E-state index >= 15 is 0 Å². The maximum Gasteiger partial charge on any atom is 0.416 e. The van der Waals surface area contributed by atoms with E-state index in [4.69, 9.17) is 14.2 Å². The summed E-state index contributed by atoms with van der Waals surface area (Å²) in [5, 5.41) is 3.30. The highest BCUT2D eigenvalue weighted by Crippen LogP contribution is 2.34. The molecule has 0 radical (unpaired) electrons. The third-order valence-electron chi connectivity index (χ3n) is 6.32. The van der Waals surface area contributed by atoms with E-state index in [-0.39, 0.29) is 24.2 Å². The summed E-state index contributed by atoms with van der Waals surface area (Å²) in [6.45, 7) is 3.14. The highest BCUT2D eigenvalue weighted by molar-refractivity contribution is 5.31. The molecule has 0 aliphatic carbocycles. The average molecular weight is 500 g/mol. The van der Waals surface area contributed by atoms with E-state index in [1.807, 2.05) is 54.6 Å². The zero-order valence-electron chi connectivity index (χ0n) is 20.2. The van der Waals surface area contributed by atoms with Crippen LogP contribution in [0, 0.1) is 0 Å². The van der Waals surface area contributed by atoms with Gasteiger partial charge in [-0.15, -0.1) is 0 Å². The fraction of sp³-hybridized carbons (Fsp3) is 0.379. The summed E-state index contributed by atoms with van der Waals surface area (Å²) in [5.41, 5.74) is 1.77. The summed E-state index contributed by atoms with van der Waals surface area (Å²) < 4.78 is 57.5. The number of nitrogens with one attached hydrogen (secondary N) is 1. The molecule has 1 aliphatic rings. The van der Waals surface area contributed by atoms with Gasteiger partial charge >= 0.3 is 6.18 Å². The van der Waals surface area contributed by atoms with E-state index in [1.165, 1.54) is 12.1 Å². The van der Waals surface area contributed by atoms with Gasteiger partial charge in [0.05, 0.1) is 38.1 Å². The molecule has 1 fully saturated rings. The van der Waals surface area contributed by atoms with Gasteiger partial charge in [0.15, 0.2) is 0 Å². The Kier molecular flexibility index (Phi) is 9.39. The highest BCUT2D eigenvalue weighted by atomic mass is 19.4. The van der Waals surface area contributed by atoms with Crippen molar-refractivity contribution in [1.82, 2.24) is 5.32 Å². The molecule has 3 aromatic carbocycles. The third-order valence-corrected chi connectivity index (χ3v) is 6.32. The van der Waals surface area contributed by atoms with Crippen LogP contribution in [0.25, 0.3) is 0 Å². The van der Waals surface area contributed by atoms with Crippen molar-refractivity contribution >= 4 is 0 Å². The normalized spacial score (nSPS) is 18.2. The highest BCUT2D eigenvalue weighted by Gasteiger charge is 2.34. The first-order chi connectivity index (χ1) is 17.5.